The molecule has 0 radical (unpaired) electrons. The molecule has 0 spiro atoms. The monoisotopic (exact) mass is 464 g/mol. The van der Waals surface area contributed by atoms with E-state index in [0.29, 0.717) is 22.2 Å². The standard InChI is InChI=1S/C21H15Cl2FN2O3S/c1-2-29-21(28)15(11-25)20-26(14-6-4-13(24)5-7-14)19(27)18(30-20)10-12-3-8-16(22)17(23)9-12/h3-9,18H,2,10H2,1H3/b20-15-/t18-/m1/s1. The van der Waals surface area contributed by atoms with Gasteiger partial charge in [0.1, 0.15) is 16.9 Å². The maximum atomic E-state index is 13.4. The Morgan fingerprint density at radius 2 is 1.93 bits per heavy atom. The summed E-state index contributed by atoms with van der Waals surface area (Å²) in [5.41, 5.74) is 0.832. The second-order valence-electron chi connectivity index (χ2n) is 6.22. The molecule has 154 valence electrons. The minimum atomic E-state index is -0.822. The minimum absolute atomic E-state index is 0.0825. The highest BCUT2D eigenvalue weighted by Crippen LogP contribution is 2.42. The third-order valence-corrected chi connectivity index (χ3v) is 6.25. The molecular formula is C21H15Cl2FN2O3S. The van der Waals surface area contributed by atoms with E-state index >= 15 is 0 Å². The number of anilines is 1. The van der Waals surface area contributed by atoms with Crippen LogP contribution >= 0.6 is 35.0 Å². The van der Waals surface area contributed by atoms with E-state index in [1.807, 2.05) is 6.07 Å². The predicted octanol–water partition coefficient (Wildman–Crippen LogP) is 5.12. The Morgan fingerprint density at radius 1 is 1.23 bits per heavy atom. The number of hydrogen-bond acceptors (Lipinski definition) is 5. The highest BCUT2D eigenvalue weighted by molar-refractivity contribution is 8.05. The zero-order valence-corrected chi connectivity index (χ0v) is 18.0. The molecule has 1 saturated heterocycles. The van der Waals surface area contributed by atoms with Gasteiger partial charge in [-0.05, 0) is 55.3 Å². The van der Waals surface area contributed by atoms with Crippen molar-refractivity contribution in [3.63, 3.8) is 0 Å². The van der Waals surface area contributed by atoms with Crippen molar-refractivity contribution >= 4 is 52.5 Å². The molecule has 0 unspecified atom stereocenters. The van der Waals surface area contributed by atoms with E-state index in [1.165, 1.54) is 29.2 Å². The lowest BCUT2D eigenvalue weighted by Gasteiger charge is -2.18. The molecule has 1 heterocycles. The fourth-order valence-corrected chi connectivity index (χ4v) is 4.50. The van der Waals surface area contributed by atoms with E-state index in [1.54, 1.807) is 25.1 Å². The summed E-state index contributed by atoms with van der Waals surface area (Å²) in [6, 6.07) is 12.1. The van der Waals surface area contributed by atoms with Crippen molar-refractivity contribution in [1.29, 1.82) is 5.26 Å². The first-order valence-corrected chi connectivity index (χ1v) is 10.5. The van der Waals surface area contributed by atoms with E-state index in [4.69, 9.17) is 27.9 Å². The SMILES string of the molecule is CCOC(=O)/C(C#N)=C1\S[C@H](Cc2ccc(Cl)c(Cl)c2)C(=O)N1c1ccc(F)cc1. The largest absolute Gasteiger partial charge is 0.462 e. The molecule has 0 bridgehead atoms. The Kier molecular flexibility index (Phi) is 7.03. The van der Waals surface area contributed by atoms with Gasteiger partial charge in [0, 0.05) is 5.69 Å². The van der Waals surface area contributed by atoms with Gasteiger partial charge in [0.15, 0.2) is 5.57 Å². The summed E-state index contributed by atoms with van der Waals surface area (Å²) in [5, 5.41) is 9.85. The predicted molar refractivity (Wildman–Crippen MR) is 115 cm³/mol. The van der Waals surface area contributed by atoms with Gasteiger partial charge in [-0.2, -0.15) is 5.26 Å². The maximum Gasteiger partial charge on any atom is 0.351 e. The Morgan fingerprint density at radius 3 is 2.53 bits per heavy atom. The van der Waals surface area contributed by atoms with Crippen LogP contribution in [0.25, 0.3) is 0 Å². The topological polar surface area (TPSA) is 70.4 Å². The van der Waals surface area contributed by atoms with Crippen molar-refractivity contribution in [1.82, 2.24) is 0 Å². The van der Waals surface area contributed by atoms with Gasteiger partial charge in [0.2, 0.25) is 5.91 Å². The van der Waals surface area contributed by atoms with Crippen LogP contribution in [0.1, 0.15) is 12.5 Å². The molecule has 0 N–H and O–H groups in total. The fraction of sp³-hybridized carbons (Fsp3) is 0.190. The number of esters is 1. The number of carbonyl (C=O) groups excluding carboxylic acids is 2. The van der Waals surface area contributed by atoms with Crippen LogP contribution in [0, 0.1) is 17.1 Å². The molecule has 2 aromatic carbocycles. The van der Waals surface area contributed by atoms with Crippen molar-refractivity contribution in [3.05, 3.63) is 74.5 Å². The van der Waals surface area contributed by atoms with Crippen LogP contribution in [0.5, 0.6) is 0 Å². The Balaban J connectivity index is 2.03. The van der Waals surface area contributed by atoms with Gasteiger partial charge < -0.3 is 4.74 Å². The van der Waals surface area contributed by atoms with Crippen molar-refractivity contribution < 1.29 is 18.7 Å². The van der Waals surface area contributed by atoms with E-state index < -0.39 is 17.0 Å². The molecule has 1 amide bonds. The van der Waals surface area contributed by atoms with Crippen molar-refractivity contribution in [2.75, 3.05) is 11.5 Å². The zero-order chi connectivity index (χ0) is 21.8. The van der Waals surface area contributed by atoms with Crippen LogP contribution in [0.4, 0.5) is 10.1 Å². The second-order valence-corrected chi connectivity index (χ2v) is 8.23. The summed E-state index contributed by atoms with van der Waals surface area (Å²) >= 11 is 13.1. The smallest absolute Gasteiger partial charge is 0.351 e. The number of halogens is 3. The van der Waals surface area contributed by atoms with E-state index in [-0.39, 0.29) is 23.1 Å². The molecule has 0 aliphatic carbocycles. The maximum absolute atomic E-state index is 13.4. The summed E-state index contributed by atoms with van der Waals surface area (Å²) < 4.78 is 18.4. The van der Waals surface area contributed by atoms with E-state index in [0.717, 1.165) is 17.3 Å². The zero-order valence-electron chi connectivity index (χ0n) is 15.7. The molecule has 30 heavy (non-hydrogen) atoms. The van der Waals surface area contributed by atoms with Gasteiger partial charge in [-0.25, -0.2) is 9.18 Å². The normalized spacial score (nSPS) is 17.6. The van der Waals surface area contributed by atoms with Crippen molar-refractivity contribution in [2.45, 2.75) is 18.6 Å². The molecule has 1 aliphatic rings. The Bertz CT molecular complexity index is 1070. The van der Waals surface area contributed by atoms with Crippen LogP contribution in [-0.2, 0) is 20.7 Å². The first kappa shape index (κ1) is 22.2. The number of carbonyl (C=O) groups is 2. The van der Waals surface area contributed by atoms with E-state index in [2.05, 4.69) is 0 Å². The van der Waals surface area contributed by atoms with Crippen molar-refractivity contribution in [2.24, 2.45) is 0 Å². The molecule has 9 heteroatoms. The minimum Gasteiger partial charge on any atom is -0.462 e. The number of thioether (sulfide) groups is 1. The second kappa shape index (κ2) is 9.52. The van der Waals surface area contributed by atoms with Crippen molar-refractivity contribution in [3.8, 4) is 6.07 Å². The average Bonchev–Trinajstić information content (AvgIpc) is 3.02. The number of amides is 1. The summed E-state index contributed by atoms with van der Waals surface area (Å²) in [7, 11) is 0. The van der Waals surface area contributed by atoms with Gasteiger partial charge in [-0.1, -0.05) is 41.0 Å². The highest BCUT2D eigenvalue weighted by Gasteiger charge is 2.41. The lowest BCUT2D eigenvalue weighted by Crippen LogP contribution is -2.30. The fourth-order valence-electron chi connectivity index (χ4n) is 2.88. The number of hydrogen-bond donors (Lipinski definition) is 0. The number of benzene rings is 2. The quantitative estimate of drug-likeness (QED) is 0.348. The third-order valence-electron chi connectivity index (χ3n) is 4.25. The highest BCUT2D eigenvalue weighted by atomic mass is 35.5. The molecule has 1 aliphatic heterocycles. The molecule has 1 fully saturated rings. The molecule has 2 aromatic rings. The van der Waals surface area contributed by atoms with Crippen LogP contribution in [-0.4, -0.2) is 23.7 Å². The van der Waals surface area contributed by atoms with E-state index in [9.17, 15) is 19.2 Å². The Hall–Kier alpha value is -2.53. The summed E-state index contributed by atoms with van der Waals surface area (Å²) in [5.74, 6) is -1.64. The van der Waals surface area contributed by atoms with Gasteiger partial charge in [0.25, 0.3) is 0 Å². The molecule has 0 saturated carbocycles. The molecule has 0 aromatic heterocycles. The molecular weight excluding hydrogens is 450 g/mol. The Labute approximate surface area is 187 Å². The number of ether oxygens (including phenoxy) is 1. The summed E-state index contributed by atoms with van der Waals surface area (Å²) in [6.07, 6.45) is 0.295. The van der Waals surface area contributed by atoms with Gasteiger partial charge >= 0.3 is 5.97 Å². The number of nitrogens with zero attached hydrogens (tertiary/aromatic N) is 2. The van der Waals surface area contributed by atoms with Crippen LogP contribution in [0.15, 0.2) is 53.1 Å². The van der Waals surface area contributed by atoms with Gasteiger partial charge in [-0.3, -0.25) is 9.69 Å². The molecule has 1 atom stereocenters. The van der Waals surface area contributed by atoms with Crippen LogP contribution < -0.4 is 4.90 Å². The summed E-state index contributed by atoms with van der Waals surface area (Å²) in [6.45, 7) is 1.70. The van der Waals surface area contributed by atoms with Crippen LogP contribution in [0.3, 0.4) is 0 Å². The molecule has 5 nitrogen and oxygen atoms in total. The lowest BCUT2D eigenvalue weighted by atomic mass is 10.1. The van der Waals surface area contributed by atoms with Gasteiger partial charge in [-0.15, -0.1) is 0 Å². The third kappa shape index (κ3) is 4.62. The number of rotatable bonds is 5. The average molecular weight is 465 g/mol. The first-order valence-electron chi connectivity index (χ1n) is 8.87. The molecule has 3 rings (SSSR count). The first-order chi connectivity index (χ1) is 14.3. The lowest BCUT2D eigenvalue weighted by molar-refractivity contribution is -0.138. The van der Waals surface area contributed by atoms with Crippen LogP contribution in [0.2, 0.25) is 10.0 Å². The number of nitriles is 1. The van der Waals surface area contributed by atoms with Gasteiger partial charge in [0.05, 0.1) is 21.9 Å². The summed E-state index contributed by atoms with van der Waals surface area (Å²) in [4.78, 5) is 26.8.